The van der Waals surface area contributed by atoms with Gasteiger partial charge in [0.05, 0.1) is 25.0 Å². The number of rotatable bonds is 5. The van der Waals surface area contributed by atoms with Crippen LogP contribution in [-0.2, 0) is 11.3 Å². The Kier molecular flexibility index (Phi) is 4.92. The molecule has 23 heavy (non-hydrogen) atoms. The Morgan fingerprint density at radius 1 is 1.30 bits per heavy atom. The first-order valence-electron chi connectivity index (χ1n) is 7.66. The van der Waals surface area contributed by atoms with E-state index in [1.807, 2.05) is 0 Å². The Morgan fingerprint density at radius 2 is 2.13 bits per heavy atom. The molecule has 1 aromatic carbocycles. The highest BCUT2D eigenvalue weighted by Crippen LogP contribution is 2.27. The molecule has 0 radical (unpaired) electrons. The number of halogens is 1. The Morgan fingerprint density at radius 3 is 2.78 bits per heavy atom. The molecule has 2 aromatic rings. The number of nitrogens with one attached hydrogen (secondary N) is 2. The maximum atomic E-state index is 13.1. The van der Waals surface area contributed by atoms with Gasteiger partial charge in [0.15, 0.2) is 0 Å². The molecule has 0 spiro atoms. The molecule has 2 amide bonds. The lowest BCUT2D eigenvalue weighted by Gasteiger charge is -2.24. The van der Waals surface area contributed by atoms with Crippen LogP contribution in [0.25, 0.3) is 0 Å². The second-order valence-corrected chi connectivity index (χ2v) is 5.49. The minimum atomic E-state index is -0.314. The number of amides is 2. The van der Waals surface area contributed by atoms with Crippen molar-refractivity contribution in [3.63, 3.8) is 0 Å². The van der Waals surface area contributed by atoms with Gasteiger partial charge in [0.25, 0.3) is 0 Å². The fourth-order valence-corrected chi connectivity index (χ4v) is 2.70. The summed E-state index contributed by atoms with van der Waals surface area (Å²) in [5.74, 6) is 0.373. The van der Waals surface area contributed by atoms with Gasteiger partial charge >= 0.3 is 6.03 Å². The van der Waals surface area contributed by atoms with Gasteiger partial charge in [-0.25, -0.2) is 9.18 Å². The van der Waals surface area contributed by atoms with Gasteiger partial charge in [0.1, 0.15) is 11.6 Å². The first-order chi connectivity index (χ1) is 11.2. The molecule has 5 nitrogen and oxygen atoms in total. The molecule has 2 unspecified atom stereocenters. The van der Waals surface area contributed by atoms with Crippen molar-refractivity contribution in [2.45, 2.75) is 31.5 Å². The molecule has 2 heterocycles. The fourth-order valence-electron chi connectivity index (χ4n) is 2.70. The summed E-state index contributed by atoms with van der Waals surface area (Å²) in [6.45, 7) is 0.985. The molecule has 1 fully saturated rings. The molecule has 1 aromatic heterocycles. The van der Waals surface area contributed by atoms with Gasteiger partial charge in [-0.2, -0.15) is 0 Å². The van der Waals surface area contributed by atoms with Crippen molar-refractivity contribution < 1.29 is 18.3 Å². The Balaban J connectivity index is 1.65. The van der Waals surface area contributed by atoms with E-state index in [1.165, 1.54) is 12.1 Å². The molecule has 1 saturated heterocycles. The quantitative estimate of drug-likeness (QED) is 0.890. The van der Waals surface area contributed by atoms with E-state index in [4.69, 9.17) is 9.15 Å². The molecule has 0 saturated carbocycles. The summed E-state index contributed by atoms with van der Waals surface area (Å²) in [6, 6.07) is 9.06. The lowest BCUT2D eigenvalue weighted by molar-refractivity contribution is 0.0807. The smallest absolute Gasteiger partial charge is 0.315 e. The zero-order chi connectivity index (χ0) is 16.1. The van der Waals surface area contributed by atoms with E-state index < -0.39 is 0 Å². The third-order valence-electron chi connectivity index (χ3n) is 3.86. The van der Waals surface area contributed by atoms with Crippen LogP contribution < -0.4 is 10.6 Å². The largest absolute Gasteiger partial charge is 0.467 e. The predicted molar refractivity (Wildman–Crippen MR) is 82.2 cm³/mol. The van der Waals surface area contributed by atoms with E-state index in [1.54, 1.807) is 30.5 Å². The number of carbonyl (C=O) groups excluding carboxylic acids is 1. The summed E-state index contributed by atoms with van der Waals surface area (Å²) in [7, 11) is 0. The second-order valence-electron chi connectivity index (χ2n) is 5.49. The highest BCUT2D eigenvalue weighted by molar-refractivity contribution is 5.74. The van der Waals surface area contributed by atoms with Gasteiger partial charge in [0, 0.05) is 6.61 Å². The highest BCUT2D eigenvalue weighted by Gasteiger charge is 2.28. The number of ether oxygens (including phenoxy) is 1. The molecule has 0 aliphatic carbocycles. The Bertz CT molecular complexity index is 622. The minimum Gasteiger partial charge on any atom is -0.467 e. The van der Waals surface area contributed by atoms with Crippen molar-refractivity contribution in [2.75, 3.05) is 6.61 Å². The molecule has 0 bridgehead atoms. The van der Waals surface area contributed by atoms with Crippen LogP contribution in [0.1, 0.15) is 30.2 Å². The number of hydrogen-bond acceptors (Lipinski definition) is 3. The first kappa shape index (κ1) is 15.6. The van der Waals surface area contributed by atoms with Crippen molar-refractivity contribution in [1.29, 1.82) is 0 Å². The summed E-state index contributed by atoms with van der Waals surface area (Å²) in [5, 5.41) is 5.66. The van der Waals surface area contributed by atoms with E-state index in [0.717, 1.165) is 18.4 Å². The van der Waals surface area contributed by atoms with Crippen molar-refractivity contribution in [2.24, 2.45) is 0 Å². The third-order valence-corrected chi connectivity index (χ3v) is 3.86. The Hall–Kier alpha value is -2.34. The number of hydrogen-bond donors (Lipinski definition) is 2. The monoisotopic (exact) mass is 318 g/mol. The summed E-state index contributed by atoms with van der Waals surface area (Å²) in [6.07, 6.45) is 3.27. The van der Waals surface area contributed by atoms with Crippen LogP contribution >= 0.6 is 0 Å². The summed E-state index contributed by atoms with van der Waals surface area (Å²) in [4.78, 5) is 12.2. The molecule has 6 heteroatoms. The van der Waals surface area contributed by atoms with Crippen LogP contribution in [0.4, 0.5) is 9.18 Å². The minimum absolute atomic E-state index is 0.102. The second kappa shape index (κ2) is 7.28. The zero-order valence-corrected chi connectivity index (χ0v) is 12.6. The fraction of sp³-hybridized carbons (Fsp3) is 0.353. The standard InChI is InChI=1S/C17H19FN2O3/c18-13-7-5-12(6-8-13)16(15-4-2-10-23-15)20-17(21)19-11-14-3-1-9-22-14/h1,3,5-9,15-16H,2,4,10-11H2,(H2,19,20,21). The average Bonchev–Trinajstić information content (AvgIpc) is 3.25. The number of furan rings is 1. The molecular formula is C17H19FN2O3. The topological polar surface area (TPSA) is 63.5 Å². The van der Waals surface area contributed by atoms with Gasteiger partial charge in [-0.15, -0.1) is 0 Å². The van der Waals surface area contributed by atoms with E-state index in [0.29, 0.717) is 18.9 Å². The van der Waals surface area contributed by atoms with Gasteiger partial charge in [-0.3, -0.25) is 0 Å². The van der Waals surface area contributed by atoms with Crippen molar-refractivity contribution in [3.05, 3.63) is 59.8 Å². The lowest BCUT2D eigenvalue weighted by atomic mass is 9.99. The van der Waals surface area contributed by atoms with Crippen LogP contribution in [0.2, 0.25) is 0 Å². The predicted octanol–water partition coefficient (Wildman–Crippen LogP) is 3.14. The van der Waals surface area contributed by atoms with E-state index in [2.05, 4.69) is 10.6 Å². The van der Waals surface area contributed by atoms with Crippen molar-refractivity contribution >= 4 is 6.03 Å². The number of carbonyl (C=O) groups is 1. The maximum Gasteiger partial charge on any atom is 0.315 e. The first-order valence-corrected chi connectivity index (χ1v) is 7.66. The van der Waals surface area contributed by atoms with Gasteiger partial charge in [-0.1, -0.05) is 12.1 Å². The maximum absolute atomic E-state index is 13.1. The lowest BCUT2D eigenvalue weighted by Crippen LogP contribution is -2.41. The SMILES string of the molecule is O=C(NCc1ccco1)NC(c1ccc(F)cc1)C1CCCO1. The van der Waals surface area contributed by atoms with Crippen LogP contribution in [0.3, 0.4) is 0 Å². The Labute approximate surface area is 133 Å². The van der Waals surface area contributed by atoms with E-state index >= 15 is 0 Å². The van der Waals surface area contributed by atoms with Gasteiger partial charge in [0.2, 0.25) is 0 Å². The number of benzene rings is 1. The summed E-state index contributed by atoms with van der Waals surface area (Å²) in [5.41, 5.74) is 0.825. The molecule has 1 aliphatic heterocycles. The summed E-state index contributed by atoms with van der Waals surface area (Å²) >= 11 is 0. The zero-order valence-electron chi connectivity index (χ0n) is 12.6. The molecular weight excluding hydrogens is 299 g/mol. The average molecular weight is 318 g/mol. The molecule has 2 N–H and O–H groups in total. The van der Waals surface area contributed by atoms with E-state index in [9.17, 15) is 9.18 Å². The van der Waals surface area contributed by atoms with Crippen LogP contribution in [0.15, 0.2) is 47.1 Å². The normalized spacial score (nSPS) is 18.6. The number of urea groups is 1. The molecule has 3 rings (SSSR count). The molecule has 1 aliphatic rings. The summed E-state index contributed by atoms with van der Waals surface area (Å²) < 4.78 is 24.0. The van der Waals surface area contributed by atoms with Gasteiger partial charge in [-0.05, 0) is 42.7 Å². The molecule has 122 valence electrons. The van der Waals surface area contributed by atoms with Crippen molar-refractivity contribution in [3.8, 4) is 0 Å². The van der Waals surface area contributed by atoms with Gasteiger partial charge < -0.3 is 19.8 Å². The highest BCUT2D eigenvalue weighted by atomic mass is 19.1. The van der Waals surface area contributed by atoms with E-state index in [-0.39, 0.29) is 24.0 Å². The van der Waals surface area contributed by atoms with Crippen LogP contribution in [0.5, 0.6) is 0 Å². The van der Waals surface area contributed by atoms with Crippen LogP contribution in [0, 0.1) is 5.82 Å². The molecule has 2 atom stereocenters. The third kappa shape index (κ3) is 4.10. The van der Waals surface area contributed by atoms with Crippen molar-refractivity contribution in [1.82, 2.24) is 10.6 Å². The van der Waals surface area contributed by atoms with Crippen LogP contribution in [-0.4, -0.2) is 18.7 Å².